The summed E-state index contributed by atoms with van der Waals surface area (Å²) in [5.74, 6) is 1.54. The molecule has 9 nitrogen and oxygen atoms in total. The fraction of sp³-hybridized carbons (Fsp3) is 0.593. The number of likely N-dealkylation sites (tertiary alicyclic amines) is 1. The molecule has 0 spiro atoms. The van der Waals surface area contributed by atoms with Gasteiger partial charge in [0.2, 0.25) is 11.8 Å². The predicted molar refractivity (Wildman–Crippen MR) is 134 cm³/mol. The first kappa shape index (κ1) is 27.1. The first-order valence-electron chi connectivity index (χ1n) is 13.5. The third kappa shape index (κ3) is 6.96. The first-order chi connectivity index (χ1) is 18.7. The standard InChI is InChI=1S/C27H32F3N5O4/c28-27(29,30)17-38-24-8-6-21(16-33-24)39-22-9-12-35(26(22)37)20-14-31-23(32-15-20)7-4-18-3-5-19(13-18)25(36)34-10-1-2-11-34/h6,8,14-16,18-19,22H,1-5,7,9-13,17H2/t18?,19?,22-/m1/s1. The average molecular weight is 548 g/mol. The maximum atomic E-state index is 12.9. The van der Waals surface area contributed by atoms with Crippen molar-refractivity contribution in [2.75, 3.05) is 31.1 Å². The Hall–Kier alpha value is -3.44. The quantitative estimate of drug-likeness (QED) is 0.469. The van der Waals surface area contributed by atoms with Crippen molar-refractivity contribution in [3.05, 3.63) is 36.5 Å². The highest BCUT2D eigenvalue weighted by atomic mass is 19.4. The van der Waals surface area contributed by atoms with Crippen molar-refractivity contribution in [1.82, 2.24) is 19.9 Å². The molecule has 3 aliphatic rings. The number of carbonyl (C=O) groups is 2. The van der Waals surface area contributed by atoms with Crippen LogP contribution in [0.5, 0.6) is 11.6 Å². The van der Waals surface area contributed by atoms with Crippen LogP contribution >= 0.6 is 0 Å². The van der Waals surface area contributed by atoms with Crippen molar-refractivity contribution < 1.29 is 32.2 Å². The molecule has 2 aliphatic heterocycles. The molecule has 210 valence electrons. The van der Waals surface area contributed by atoms with Crippen LogP contribution in [0.15, 0.2) is 30.7 Å². The Labute approximate surface area is 224 Å². The largest absolute Gasteiger partial charge is 0.479 e. The molecule has 1 aliphatic carbocycles. The Morgan fingerprint density at radius 3 is 2.46 bits per heavy atom. The summed E-state index contributed by atoms with van der Waals surface area (Å²) in [5.41, 5.74) is 0.584. The van der Waals surface area contributed by atoms with E-state index >= 15 is 0 Å². The van der Waals surface area contributed by atoms with E-state index in [1.165, 1.54) is 18.3 Å². The van der Waals surface area contributed by atoms with Crippen molar-refractivity contribution in [1.29, 1.82) is 0 Å². The number of anilines is 1. The molecule has 39 heavy (non-hydrogen) atoms. The molecule has 12 heteroatoms. The Balaban J connectivity index is 1.07. The van der Waals surface area contributed by atoms with E-state index in [9.17, 15) is 22.8 Å². The maximum absolute atomic E-state index is 12.9. The van der Waals surface area contributed by atoms with Crippen molar-refractivity contribution in [3.63, 3.8) is 0 Å². The summed E-state index contributed by atoms with van der Waals surface area (Å²) < 4.78 is 47.1. The highest BCUT2D eigenvalue weighted by Crippen LogP contribution is 2.35. The lowest BCUT2D eigenvalue weighted by Crippen LogP contribution is -2.32. The Morgan fingerprint density at radius 2 is 1.77 bits per heavy atom. The summed E-state index contributed by atoms with van der Waals surface area (Å²) in [7, 11) is 0. The second-order valence-electron chi connectivity index (χ2n) is 10.4. The minimum atomic E-state index is -4.45. The summed E-state index contributed by atoms with van der Waals surface area (Å²) >= 11 is 0. The molecule has 2 unspecified atom stereocenters. The van der Waals surface area contributed by atoms with Gasteiger partial charge in [0.1, 0.15) is 11.6 Å². The van der Waals surface area contributed by atoms with E-state index in [1.54, 1.807) is 17.3 Å². The molecule has 2 aromatic rings. The van der Waals surface area contributed by atoms with E-state index in [0.717, 1.165) is 58.0 Å². The number of alkyl halides is 3. The van der Waals surface area contributed by atoms with Gasteiger partial charge in [0.15, 0.2) is 12.7 Å². The number of aryl methyl sites for hydroxylation is 1. The average Bonchev–Trinajstić information content (AvgIpc) is 3.69. The number of carbonyl (C=O) groups excluding carboxylic acids is 2. The number of hydrogen-bond donors (Lipinski definition) is 0. The summed E-state index contributed by atoms with van der Waals surface area (Å²) in [6.45, 7) is 0.806. The van der Waals surface area contributed by atoms with Gasteiger partial charge in [-0.1, -0.05) is 0 Å². The molecule has 2 amide bonds. The maximum Gasteiger partial charge on any atom is 0.422 e. The molecule has 0 bridgehead atoms. The van der Waals surface area contributed by atoms with Gasteiger partial charge in [0.25, 0.3) is 5.91 Å². The third-order valence-corrected chi connectivity index (χ3v) is 7.62. The minimum absolute atomic E-state index is 0.157. The zero-order valence-electron chi connectivity index (χ0n) is 21.6. The summed E-state index contributed by atoms with van der Waals surface area (Å²) in [6.07, 6.45) is 6.62. The van der Waals surface area contributed by atoms with Gasteiger partial charge in [-0.05, 0) is 50.5 Å². The van der Waals surface area contributed by atoms with Gasteiger partial charge < -0.3 is 19.3 Å². The molecule has 0 radical (unpaired) electrons. The zero-order valence-corrected chi connectivity index (χ0v) is 21.6. The number of ether oxygens (including phenoxy) is 2. The van der Waals surface area contributed by atoms with Crippen LogP contribution in [0.25, 0.3) is 0 Å². The molecule has 2 aromatic heterocycles. The number of rotatable bonds is 9. The van der Waals surface area contributed by atoms with Gasteiger partial charge in [0.05, 0.1) is 24.3 Å². The van der Waals surface area contributed by atoms with Crippen LogP contribution in [0.3, 0.4) is 0 Å². The summed E-state index contributed by atoms with van der Waals surface area (Å²) in [5, 5.41) is 0. The second-order valence-corrected chi connectivity index (χ2v) is 10.4. The third-order valence-electron chi connectivity index (χ3n) is 7.62. The lowest BCUT2D eigenvalue weighted by molar-refractivity contribution is -0.154. The van der Waals surface area contributed by atoms with Crippen LogP contribution in [0.1, 0.15) is 50.8 Å². The SMILES string of the molecule is O=C(C1CCC(CCc2ncc(N3CC[C@@H](Oc4ccc(OCC(F)(F)F)nc4)C3=O)cn2)C1)N1CCCC1. The van der Waals surface area contributed by atoms with Crippen molar-refractivity contribution >= 4 is 17.5 Å². The van der Waals surface area contributed by atoms with Crippen molar-refractivity contribution in [3.8, 4) is 11.6 Å². The summed E-state index contributed by atoms with van der Waals surface area (Å²) in [6, 6.07) is 2.68. The van der Waals surface area contributed by atoms with E-state index in [-0.39, 0.29) is 23.5 Å². The van der Waals surface area contributed by atoms with Crippen LogP contribution in [-0.2, 0) is 16.0 Å². The molecule has 3 fully saturated rings. The van der Waals surface area contributed by atoms with E-state index in [0.29, 0.717) is 36.3 Å². The van der Waals surface area contributed by atoms with Gasteiger partial charge in [-0.25, -0.2) is 15.0 Å². The zero-order chi connectivity index (χ0) is 27.4. The van der Waals surface area contributed by atoms with Gasteiger partial charge in [-0.3, -0.25) is 9.59 Å². The topological polar surface area (TPSA) is 97.8 Å². The van der Waals surface area contributed by atoms with Crippen LogP contribution in [-0.4, -0.2) is 70.2 Å². The fourth-order valence-corrected chi connectivity index (χ4v) is 5.57. The van der Waals surface area contributed by atoms with Gasteiger partial charge in [-0.15, -0.1) is 0 Å². The Kier molecular flexibility index (Phi) is 8.18. The smallest absolute Gasteiger partial charge is 0.422 e. The van der Waals surface area contributed by atoms with Crippen LogP contribution < -0.4 is 14.4 Å². The second kappa shape index (κ2) is 11.7. The number of aromatic nitrogens is 3. The van der Waals surface area contributed by atoms with Crippen molar-refractivity contribution in [2.45, 2.75) is 63.6 Å². The Bertz CT molecular complexity index is 1140. The molecular formula is C27H32F3N5O4. The highest BCUT2D eigenvalue weighted by molar-refractivity contribution is 5.98. The van der Waals surface area contributed by atoms with Crippen LogP contribution in [0.4, 0.5) is 18.9 Å². The van der Waals surface area contributed by atoms with Crippen LogP contribution in [0.2, 0.25) is 0 Å². The predicted octanol–water partition coefficient (Wildman–Crippen LogP) is 3.97. The lowest BCUT2D eigenvalue weighted by atomic mass is 9.99. The van der Waals surface area contributed by atoms with Gasteiger partial charge in [0, 0.05) is 44.5 Å². The molecule has 0 aromatic carbocycles. The number of amides is 2. The van der Waals surface area contributed by atoms with E-state index in [2.05, 4.69) is 19.7 Å². The Morgan fingerprint density at radius 1 is 1.00 bits per heavy atom. The molecular weight excluding hydrogens is 515 g/mol. The van der Waals surface area contributed by atoms with Gasteiger partial charge in [-0.2, -0.15) is 13.2 Å². The van der Waals surface area contributed by atoms with Crippen LogP contribution in [0, 0.1) is 11.8 Å². The monoisotopic (exact) mass is 547 g/mol. The number of halogens is 3. The fourth-order valence-electron chi connectivity index (χ4n) is 5.57. The van der Waals surface area contributed by atoms with Gasteiger partial charge >= 0.3 is 6.18 Å². The van der Waals surface area contributed by atoms with E-state index < -0.39 is 18.9 Å². The lowest BCUT2D eigenvalue weighted by Gasteiger charge is -2.20. The molecule has 0 N–H and O–H groups in total. The molecule has 3 atom stereocenters. The number of hydrogen-bond acceptors (Lipinski definition) is 7. The summed E-state index contributed by atoms with van der Waals surface area (Å²) in [4.78, 5) is 41.9. The van der Waals surface area contributed by atoms with Crippen molar-refractivity contribution in [2.24, 2.45) is 11.8 Å². The first-order valence-corrected chi connectivity index (χ1v) is 13.5. The molecule has 1 saturated carbocycles. The normalized spacial score (nSPS) is 23.5. The molecule has 5 rings (SSSR count). The molecule has 2 saturated heterocycles. The van der Waals surface area contributed by atoms with E-state index in [4.69, 9.17) is 4.74 Å². The molecule has 4 heterocycles. The minimum Gasteiger partial charge on any atom is -0.479 e. The number of nitrogens with zero attached hydrogens (tertiary/aromatic N) is 5. The van der Waals surface area contributed by atoms with E-state index in [1.807, 2.05) is 4.90 Å². The highest BCUT2D eigenvalue weighted by Gasteiger charge is 2.36. The number of pyridine rings is 1.